The maximum Gasteiger partial charge on any atom is 0.255 e. The van der Waals surface area contributed by atoms with Gasteiger partial charge in [0.05, 0.1) is 10.8 Å². The maximum atomic E-state index is 12.9. The molecule has 0 radical (unpaired) electrons. The van der Waals surface area contributed by atoms with Crippen molar-refractivity contribution in [3.8, 4) is 0 Å². The number of carbonyl (C=O) groups excluding carboxylic acids is 2. The Morgan fingerprint density at radius 1 is 0.818 bits per heavy atom. The molecule has 1 heterocycles. The van der Waals surface area contributed by atoms with E-state index in [0.717, 1.165) is 0 Å². The van der Waals surface area contributed by atoms with Crippen LogP contribution in [0.15, 0.2) is 89.8 Å². The van der Waals surface area contributed by atoms with Gasteiger partial charge >= 0.3 is 0 Å². The van der Waals surface area contributed by atoms with Crippen LogP contribution in [0.1, 0.15) is 23.2 Å². The standard InChI is InChI=1S/C25H25N3O4S/c29-24(19-9-3-1-4-10-19)26-21-12-7-13-22(17-21)27-25(30)20-11-8-16-28(18-20)33(31,32)23-14-5-2-6-15-23/h1-7,9-10,12-15,17,20H,8,11,16,18H2,(H,26,29)(H,27,30). The van der Waals surface area contributed by atoms with Crippen molar-refractivity contribution < 1.29 is 18.0 Å². The van der Waals surface area contributed by atoms with Crippen LogP contribution in [0.3, 0.4) is 0 Å². The molecule has 0 saturated carbocycles. The molecule has 0 bridgehead atoms. The van der Waals surface area contributed by atoms with Crippen LogP contribution < -0.4 is 10.6 Å². The molecule has 33 heavy (non-hydrogen) atoms. The van der Waals surface area contributed by atoms with Crippen LogP contribution in [0.2, 0.25) is 0 Å². The molecule has 2 amide bonds. The number of benzene rings is 3. The number of nitrogens with zero attached hydrogens (tertiary/aromatic N) is 1. The van der Waals surface area contributed by atoms with E-state index in [2.05, 4.69) is 10.6 Å². The van der Waals surface area contributed by atoms with Crippen molar-refractivity contribution in [2.45, 2.75) is 17.7 Å². The molecule has 1 unspecified atom stereocenters. The molecule has 3 aromatic carbocycles. The lowest BCUT2D eigenvalue weighted by Gasteiger charge is -2.31. The van der Waals surface area contributed by atoms with Crippen LogP contribution in [0, 0.1) is 5.92 Å². The Hall–Kier alpha value is -3.49. The van der Waals surface area contributed by atoms with E-state index in [1.165, 1.54) is 4.31 Å². The number of hydrogen-bond donors (Lipinski definition) is 2. The number of rotatable bonds is 6. The van der Waals surface area contributed by atoms with E-state index >= 15 is 0 Å². The quantitative estimate of drug-likeness (QED) is 0.578. The molecule has 0 aliphatic carbocycles. The van der Waals surface area contributed by atoms with Gasteiger partial charge in [0, 0.05) is 30.0 Å². The van der Waals surface area contributed by atoms with E-state index in [4.69, 9.17) is 0 Å². The van der Waals surface area contributed by atoms with Gasteiger partial charge in [0.2, 0.25) is 15.9 Å². The normalized spacial score (nSPS) is 16.7. The Morgan fingerprint density at radius 2 is 1.45 bits per heavy atom. The molecule has 3 aromatic rings. The summed E-state index contributed by atoms with van der Waals surface area (Å²) in [6.45, 7) is 0.523. The smallest absolute Gasteiger partial charge is 0.255 e. The molecule has 2 N–H and O–H groups in total. The Labute approximate surface area is 193 Å². The Balaban J connectivity index is 1.41. The van der Waals surface area contributed by atoms with Crippen molar-refractivity contribution in [1.82, 2.24) is 4.31 Å². The molecule has 1 fully saturated rings. The van der Waals surface area contributed by atoms with E-state index in [1.54, 1.807) is 78.9 Å². The minimum Gasteiger partial charge on any atom is -0.326 e. The average molecular weight is 464 g/mol. The highest BCUT2D eigenvalue weighted by Crippen LogP contribution is 2.25. The maximum absolute atomic E-state index is 12.9. The minimum absolute atomic E-state index is 0.132. The topological polar surface area (TPSA) is 95.6 Å². The number of hydrogen-bond acceptors (Lipinski definition) is 4. The first kappa shape index (κ1) is 22.7. The molecule has 1 saturated heterocycles. The first-order valence-electron chi connectivity index (χ1n) is 10.8. The summed E-state index contributed by atoms with van der Waals surface area (Å²) >= 11 is 0. The fraction of sp³-hybridized carbons (Fsp3) is 0.200. The second kappa shape index (κ2) is 9.97. The molecule has 1 aliphatic heterocycles. The second-order valence-electron chi connectivity index (χ2n) is 7.91. The summed E-state index contributed by atoms with van der Waals surface area (Å²) in [5, 5.41) is 5.68. The lowest BCUT2D eigenvalue weighted by molar-refractivity contribution is -0.120. The summed E-state index contributed by atoms with van der Waals surface area (Å²) in [6.07, 6.45) is 1.22. The van der Waals surface area contributed by atoms with Gasteiger partial charge in [0.15, 0.2) is 0 Å². The lowest BCUT2D eigenvalue weighted by Crippen LogP contribution is -2.43. The van der Waals surface area contributed by atoms with Crippen molar-refractivity contribution in [1.29, 1.82) is 0 Å². The molecule has 7 nitrogen and oxygen atoms in total. The third kappa shape index (κ3) is 5.47. The predicted octanol–water partition coefficient (Wildman–Crippen LogP) is 3.98. The molecule has 4 rings (SSSR count). The summed E-state index contributed by atoms with van der Waals surface area (Å²) in [5.41, 5.74) is 1.63. The predicted molar refractivity (Wildman–Crippen MR) is 127 cm³/mol. The molecule has 170 valence electrons. The Kier molecular flexibility index (Phi) is 6.86. The van der Waals surface area contributed by atoms with E-state index in [1.807, 2.05) is 6.07 Å². The van der Waals surface area contributed by atoms with Crippen LogP contribution in [0.5, 0.6) is 0 Å². The zero-order valence-electron chi connectivity index (χ0n) is 18.0. The largest absolute Gasteiger partial charge is 0.326 e. The number of piperidine rings is 1. The molecule has 1 aliphatic rings. The molecular formula is C25H25N3O4S. The van der Waals surface area contributed by atoms with Crippen molar-refractivity contribution >= 4 is 33.2 Å². The van der Waals surface area contributed by atoms with Crippen molar-refractivity contribution in [3.63, 3.8) is 0 Å². The Morgan fingerprint density at radius 3 is 2.15 bits per heavy atom. The fourth-order valence-corrected chi connectivity index (χ4v) is 5.37. The van der Waals surface area contributed by atoms with Crippen LogP contribution in [-0.4, -0.2) is 37.6 Å². The van der Waals surface area contributed by atoms with Gasteiger partial charge in [-0.3, -0.25) is 9.59 Å². The summed E-state index contributed by atoms with van der Waals surface area (Å²) in [5.74, 6) is -0.942. The zero-order chi connectivity index (χ0) is 23.3. The fourth-order valence-electron chi connectivity index (χ4n) is 3.83. The van der Waals surface area contributed by atoms with E-state index in [0.29, 0.717) is 36.3 Å². The van der Waals surface area contributed by atoms with Crippen LogP contribution in [0.4, 0.5) is 11.4 Å². The highest BCUT2D eigenvalue weighted by atomic mass is 32.2. The van der Waals surface area contributed by atoms with Gasteiger partial charge in [-0.2, -0.15) is 4.31 Å². The molecular weight excluding hydrogens is 438 g/mol. The molecule has 0 aromatic heterocycles. The summed E-state index contributed by atoms with van der Waals surface area (Å²) < 4.78 is 27.2. The van der Waals surface area contributed by atoms with Gasteiger partial charge in [0.25, 0.3) is 5.91 Å². The SMILES string of the molecule is O=C(Nc1cccc(NC(=O)C2CCCN(S(=O)(=O)c3ccccc3)C2)c1)c1ccccc1. The van der Waals surface area contributed by atoms with Gasteiger partial charge in [-0.15, -0.1) is 0 Å². The number of sulfonamides is 1. The first-order chi connectivity index (χ1) is 15.9. The number of anilines is 2. The van der Waals surface area contributed by atoms with Crippen molar-refractivity contribution in [2.75, 3.05) is 23.7 Å². The van der Waals surface area contributed by atoms with Crippen LogP contribution in [0.25, 0.3) is 0 Å². The van der Waals surface area contributed by atoms with Gasteiger partial charge in [0.1, 0.15) is 0 Å². The van der Waals surface area contributed by atoms with Gasteiger partial charge in [-0.1, -0.05) is 42.5 Å². The molecule has 1 atom stereocenters. The van der Waals surface area contributed by atoms with Gasteiger partial charge in [-0.05, 0) is 55.3 Å². The van der Waals surface area contributed by atoms with E-state index < -0.39 is 15.9 Å². The third-order valence-electron chi connectivity index (χ3n) is 5.56. The van der Waals surface area contributed by atoms with Crippen molar-refractivity contribution in [2.24, 2.45) is 5.92 Å². The van der Waals surface area contributed by atoms with Gasteiger partial charge in [-0.25, -0.2) is 8.42 Å². The van der Waals surface area contributed by atoms with E-state index in [9.17, 15) is 18.0 Å². The van der Waals surface area contributed by atoms with Crippen LogP contribution >= 0.6 is 0 Å². The number of amides is 2. The highest BCUT2D eigenvalue weighted by Gasteiger charge is 2.33. The zero-order valence-corrected chi connectivity index (χ0v) is 18.8. The average Bonchev–Trinajstić information content (AvgIpc) is 2.85. The van der Waals surface area contributed by atoms with Gasteiger partial charge < -0.3 is 10.6 Å². The summed E-state index contributed by atoms with van der Waals surface area (Å²) in [7, 11) is -3.64. The molecule has 8 heteroatoms. The third-order valence-corrected chi connectivity index (χ3v) is 7.44. The van der Waals surface area contributed by atoms with Crippen molar-refractivity contribution in [3.05, 3.63) is 90.5 Å². The Bertz CT molecular complexity index is 1230. The monoisotopic (exact) mass is 463 g/mol. The van der Waals surface area contributed by atoms with E-state index in [-0.39, 0.29) is 23.3 Å². The summed E-state index contributed by atoms with van der Waals surface area (Å²) in [6, 6.07) is 24.0. The second-order valence-corrected chi connectivity index (χ2v) is 9.84. The van der Waals surface area contributed by atoms with Crippen LogP contribution in [-0.2, 0) is 14.8 Å². The number of nitrogens with one attached hydrogen (secondary N) is 2. The molecule has 0 spiro atoms. The lowest BCUT2D eigenvalue weighted by atomic mass is 9.98. The number of carbonyl (C=O) groups is 2. The minimum atomic E-state index is -3.64. The first-order valence-corrected chi connectivity index (χ1v) is 12.2. The highest BCUT2D eigenvalue weighted by molar-refractivity contribution is 7.89. The summed E-state index contributed by atoms with van der Waals surface area (Å²) in [4.78, 5) is 25.5.